The quantitative estimate of drug-likeness (QED) is 0.419. The van der Waals surface area contributed by atoms with Gasteiger partial charge in [-0.1, -0.05) is 0 Å². The van der Waals surface area contributed by atoms with E-state index in [9.17, 15) is 4.79 Å². The first kappa shape index (κ1) is 13.8. The van der Waals surface area contributed by atoms with E-state index in [0.29, 0.717) is 19.6 Å². The molecule has 0 bridgehead atoms. The van der Waals surface area contributed by atoms with Crippen molar-refractivity contribution in [1.29, 1.82) is 5.26 Å². The molecular weight excluding hydrogens is 198 g/mol. The van der Waals surface area contributed by atoms with E-state index in [-0.39, 0.29) is 32.1 Å². The maximum atomic E-state index is 11.3. The van der Waals surface area contributed by atoms with Crippen LogP contribution in [0.1, 0.15) is 6.42 Å². The van der Waals surface area contributed by atoms with Crippen molar-refractivity contribution >= 4 is 5.91 Å². The third kappa shape index (κ3) is 7.88. The molecule has 15 heavy (non-hydrogen) atoms. The Labute approximate surface area is 89.1 Å². The molecule has 0 aliphatic rings. The van der Waals surface area contributed by atoms with Crippen LogP contribution in [0.25, 0.3) is 0 Å². The van der Waals surface area contributed by atoms with Gasteiger partial charge in [0.2, 0.25) is 5.91 Å². The molecule has 0 atom stereocenters. The Balaban J connectivity index is 3.73. The lowest BCUT2D eigenvalue weighted by Crippen LogP contribution is -2.40. The van der Waals surface area contributed by atoms with Gasteiger partial charge < -0.3 is 15.5 Å². The summed E-state index contributed by atoms with van der Waals surface area (Å²) in [7, 11) is 0. The van der Waals surface area contributed by atoms with Crippen LogP contribution in [0.2, 0.25) is 0 Å². The molecule has 0 aromatic rings. The summed E-state index contributed by atoms with van der Waals surface area (Å²) in [6.07, 6.45) is 0.283. The highest BCUT2D eigenvalue weighted by atomic mass is 16.3. The summed E-state index contributed by atoms with van der Waals surface area (Å²) in [5, 5.41) is 28.2. The van der Waals surface area contributed by atoms with Crippen LogP contribution in [0, 0.1) is 11.3 Å². The Morgan fingerprint density at radius 1 is 1.33 bits per heavy atom. The fourth-order valence-corrected chi connectivity index (χ4v) is 1.07. The molecule has 6 nitrogen and oxygen atoms in total. The molecule has 1 amide bonds. The van der Waals surface area contributed by atoms with E-state index in [1.165, 1.54) is 0 Å². The van der Waals surface area contributed by atoms with E-state index in [1.54, 1.807) is 4.90 Å². The second-order valence-electron chi connectivity index (χ2n) is 2.98. The number of nitrogens with one attached hydrogen (secondary N) is 1. The maximum absolute atomic E-state index is 11.3. The van der Waals surface area contributed by atoms with E-state index in [2.05, 4.69) is 5.32 Å². The smallest absolute Gasteiger partial charge is 0.234 e. The summed E-state index contributed by atoms with van der Waals surface area (Å²) in [6.45, 7) is 1.07. The van der Waals surface area contributed by atoms with Gasteiger partial charge in [-0.3, -0.25) is 9.69 Å². The van der Waals surface area contributed by atoms with Crippen molar-refractivity contribution in [2.45, 2.75) is 6.42 Å². The zero-order valence-electron chi connectivity index (χ0n) is 8.65. The Morgan fingerprint density at radius 2 is 1.93 bits per heavy atom. The van der Waals surface area contributed by atoms with Gasteiger partial charge in [-0.15, -0.1) is 0 Å². The van der Waals surface area contributed by atoms with Gasteiger partial charge in [0.1, 0.15) is 0 Å². The lowest BCUT2D eigenvalue weighted by Gasteiger charge is -2.19. The zero-order chi connectivity index (χ0) is 11.5. The van der Waals surface area contributed by atoms with Gasteiger partial charge in [-0.25, -0.2) is 0 Å². The molecule has 86 valence electrons. The number of hydrogen-bond acceptors (Lipinski definition) is 5. The fraction of sp³-hybridized carbons (Fsp3) is 0.778. The van der Waals surface area contributed by atoms with Gasteiger partial charge >= 0.3 is 0 Å². The predicted octanol–water partition coefficient (Wildman–Crippen LogP) is -1.70. The average Bonchev–Trinajstić information content (AvgIpc) is 2.19. The van der Waals surface area contributed by atoms with Crippen LogP contribution in [0.5, 0.6) is 0 Å². The Bertz CT molecular complexity index is 209. The first-order valence-corrected chi connectivity index (χ1v) is 4.82. The zero-order valence-corrected chi connectivity index (χ0v) is 8.65. The highest BCUT2D eigenvalue weighted by Crippen LogP contribution is 1.86. The average molecular weight is 215 g/mol. The van der Waals surface area contributed by atoms with Gasteiger partial charge in [0.15, 0.2) is 0 Å². The third-order valence-corrected chi connectivity index (χ3v) is 1.76. The van der Waals surface area contributed by atoms with Crippen LogP contribution in [-0.2, 0) is 4.79 Å². The summed E-state index contributed by atoms with van der Waals surface area (Å²) in [6, 6.07) is 1.92. The number of amides is 1. The number of rotatable bonds is 8. The summed E-state index contributed by atoms with van der Waals surface area (Å²) < 4.78 is 0. The van der Waals surface area contributed by atoms with Gasteiger partial charge in [-0.2, -0.15) is 5.26 Å². The molecule has 0 fully saturated rings. The predicted molar refractivity (Wildman–Crippen MR) is 53.9 cm³/mol. The Hall–Kier alpha value is -1.16. The summed E-state index contributed by atoms with van der Waals surface area (Å²) >= 11 is 0. The second kappa shape index (κ2) is 9.40. The topological polar surface area (TPSA) is 96.6 Å². The molecule has 0 aromatic carbocycles. The van der Waals surface area contributed by atoms with E-state index in [0.717, 1.165) is 0 Å². The summed E-state index contributed by atoms with van der Waals surface area (Å²) in [5.74, 6) is -0.202. The van der Waals surface area contributed by atoms with Crippen molar-refractivity contribution in [2.24, 2.45) is 0 Å². The van der Waals surface area contributed by atoms with Crippen molar-refractivity contribution < 1.29 is 15.0 Å². The number of nitrogens with zero attached hydrogens (tertiary/aromatic N) is 2. The van der Waals surface area contributed by atoms with Crippen molar-refractivity contribution in [3.05, 3.63) is 0 Å². The molecular formula is C9H17N3O3. The van der Waals surface area contributed by atoms with Crippen molar-refractivity contribution in [1.82, 2.24) is 10.2 Å². The maximum Gasteiger partial charge on any atom is 0.234 e. The first-order valence-electron chi connectivity index (χ1n) is 4.82. The molecule has 0 aliphatic carbocycles. The fourth-order valence-electron chi connectivity index (χ4n) is 1.07. The van der Waals surface area contributed by atoms with E-state index in [4.69, 9.17) is 15.5 Å². The molecule has 0 aliphatic heterocycles. The standard InChI is InChI=1S/C9H17N3O3/c10-2-1-3-11-9(15)8-12(4-6-13)5-7-14/h13-14H,1,3-8H2,(H,11,15). The third-order valence-electron chi connectivity index (χ3n) is 1.76. The molecule has 0 aromatic heterocycles. The van der Waals surface area contributed by atoms with Crippen LogP contribution in [0.4, 0.5) is 0 Å². The van der Waals surface area contributed by atoms with Crippen LogP contribution >= 0.6 is 0 Å². The largest absolute Gasteiger partial charge is 0.395 e. The second-order valence-corrected chi connectivity index (χ2v) is 2.98. The van der Waals surface area contributed by atoms with E-state index in [1.807, 2.05) is 6.07 Å². The molecule has 6 heteroatoms. The highest BCUT2D eigenvalue weighted by Gasteiger charge is 2.08. The summed E-state index contributed by atoms with van der Waals surface area (Å²) in [5.41, 5.74) is 0. The Morgan fingerprint density at radius 3 is 2.40 bits per heavy atom. The molecule has 0 heterocycles. The molecule has 3 N–H and O–H groups in total. The molecule has 0 spiro atoms. The summed E-state index contributed by atoms with van der Waals surface area (Å²) in [4.78, 5) is 12.9. The number of aliphatic hydroxyl groups is 2. The minimum absolute atomic E-state index is 0.0501. The normalized spacial score (nSPS) is 10.0. The van der Waals surface area contributed by atoms with Crippen LogP contribution in [0.3, 0.4) is 0 Å². The highest BCUT2D eigenvalue weighted by molar-refractivity contribution is 5.77. The lowest BCUT2D eigenvalue weighted by atomic mass is 10.4. The molecule has 0 saturated carbocycles. The minimum atomic E-state index is -0.202. The molecule has 0 rings (SSSR count). The van der Waals surface area contributed by atoms with Crippen molar-refractivity contribution in [2.75, 3.05) is 39.4 Å². The minimum Gasteiger partial charge on any atom is -0.395 e. The van der Waals surface area contributed by atoms with Gasteiger partial charge in [-0.05, 0) is 0 Å². The Kier molecular flexibility index (Phi) is 8.67. The number of carbonyl (C=O) groups excluding carboxylic acids is 1. The van der Waals surface area contributed by atoms with E-state index >= 15 is 0 Å². The van der Waals surface area contributed by atoms with Crippen molar-refractivity contribution in [3.63, 3.8) is 0 Å². The molecule has 0 unspecified atom stereocenters. The number of aliphatic hydroxyl groups excluding tert-OH is 2. The number of carbonyl (C=O) groups is 1. The molecule has 0 saturated heterocycles. The van der Waals surface area contributed by atoms with E-state index < -0.39 is 0 Å². The van der Waals surface area contributed by atoms with Gasteiger partial charge in [0.05, 0.1) is 32.2 Å². The lowest BCUT2D eigenvalue weighted by molar-refractivity contribution is -0.122. The molecule has 0 radical (unpaired) electrons. The monoisotopic (exact) mass is 215 g/mol. The van der Waals surface area contributed by atoms with Crippen LogP contribution < -0.4 is 5.32 Å². The number of hydrogen-bond donors (Lipinski definition) is 3. The van der Waals surface area contributed by atoms with Crippen molar-refractivity contribution in [3.8, 4) is 6.07 Å². The van der Waals surface area contributed by atoms with Gasteiger partial charge in [0.25, 0.3) is 0 Å². The first-order chi connectivity index (χ1) is 7.24. The van der Waals surface area contributed by atoms with Gasteiger partial charge in [0, 0.05) is 19.6 Å². The van der Waals surface area contributed by atoms with Crippen LogP contribution in [-0.4, -0.2) is 60.4 Å². The van der Waals surface area contributed by atoms with Crippen LogP contribution in [0.15, 0.2) is 0 Å². The SMILES string of the molecule is N#CCCNC(=O)CN(CCO)CCO. The number of nitriles is 1.